The number of aryl methyl sites for hydroxylation is 1. The number of carbonyl (C=O) groups is 2. The first-order valence-electron chi connectivity index (χ1n) is 5.23. The molecule has 0 bridgehead atoms. The Balaban J connectivity index is 0.00000256. The molecule has 0 fully saturated rings. The largest absolute Gasteiger partial charge is 0.320 e. The second kappa shape index (κ2) is 7.81. The fraction of sp³-hybridized carbons (Fsp3) is 0.333. The van der Waals surface area contributed by atoms with Gasteiger partial charge in [-0.25, -0.2) is 0 Å². The first kappa shape index (κ1) is 15.6. The standard InChI is InChI=1S/C12H16N2O2.ClH/c1-9(13)12(16)14-11(15)8-7-10-5-3-2-4-6-10;/h2-6,9H,7-8,13H2,1H3,(H,14,15,16);1H/t9-;/m0./s1. The molecule has 0 heterocycles. The van der Waals surface area contributed by atoms with Gasteiger partial charge in [0.05, 0.1) is 6.04 Å². The molecule has 4 nitrogen and oxygen atoms in total. The molecule has 0 radical (unpaired) electrons. The maximum Gasteiger partial charge on any atom is 0.243 e. The van der Waals surface area contributed by atoms with Gasteiger partial charge in [0.15, 0.2) is 0 Å². The van der Waals surface area contributed by atoms with Crippen molar-refractivity contribution >= 4 is 24.2 Å². The normalized spacial score (nSPS) is 11.2. The topological polar surface area (TPSA) is 72.2 Å². The minimum Gasteiger partial charge on any atom is -0.320 e. The summed E-state index contributed by atoms with van der Waals surface area (Å²) in [5.41, 5.74) is 6.40. The molecule has 17 heavy (non-hydrogen) atoms. The second-order valence-corrected chi connectivity index (χ2v) is 3.69. The number of rotatable bonds is 4. The summed E-state index contributed by atoms with van der Waals surface area (Å²) < 4.78 is 0. The van der Waals surface area contributed by atoms with Gasteiger partial charge in [0.2, 0.25) is 11.8 Å². The maximum absolute atomic E-state index is 11.3. The summed E-state index contributed by atoms with van der Waals surface area (Å²) in [4.78, 5) is 22.5. The van der Waals surface area contributed by atoms with E-state index in [0.717, 1.165) is 5.56 Å². The van der Waals surface area contributed by atoms with Gasteiger partial charge in [0, 0.05) is 6.42 Å². The minimum atomic E-state index is -0.652. The highest BCUT2D eigenvalue weighted by Crippen LogP contribution is 2.01. The molecule has 1 aromatic rings. The van der Waals surface area contributed by atoms with Crippen molar-refractivity contribution in [2.24, 2.45) is 5.73 Å². The van der Waals surface area contributed by atoms with E-state index in [1.807, 2.05) is 30.3 Å². The van der Waals surface area contributed by atoms with Crippen molar-refractivity contribution < 1.29 is 9.59 Å². The van der Waals surface area contributed by atoms with Crippen LogP contribution in [0, 0.1) is 0 Å². The van der Waals surface area contributed by atoms with E-state index in [1.54, 1.807) is 6.92 Å². The molecular weight excluding hydrogens is 240 g/mol. The molecule has 0 saturated carbocycles. The summed E-state index contributed by atoms with van der Waals surface area (Å²) in [6.07, 6.45) is 0.918. The molecule has 1 atom stereocenters. The van der Waals surface area contributed by atoms with Crippen LogP contribution in [0.1, 0.15) is 18.9 Å². The molecular formula is C12H17ClN2O2. The van der Waals surface area contributed by atoms with Crippen LogP contribution in [0.15, 0.2) is 30.3 Å². The van der Waals surface area contributed by atoms with Gasteiger partial charge in [0.25, 0.3) is 0 Å². The molecule has 0 aliphatic carbocycles. The van der Waals surface area contributed by atoms with Crippen molar-refractivity contribution in [1.29, 1.82) is 0 Å². The molecule has 3 N–H and O–H groups in total. The fourth-order valence-corrected chi connectivity index (χ4v) is 1.22. The lowest BCUT2D eigenvalue weighted by molar-refractivity contribution is -0.130. The Morgan fingerprint density at radius 3 is 2.41 bits per heavy atom. The Morgan fingerprint density at radius 1 is 1.29 bits per heavy atom. The van der Waals surface area contributed by atoms with Crippen molar-refractivity contribution in [2.45, 2.75) is 25.8 Å². The van der Waals surface area contributed by atoms with Gasteiger partial charge in [-0.15, -0.1) is 12.4 Å². The Hall–Kier alpha value is -1.39. The number of hydrogen-bond acceptors (Lipinski definition) is 3. The van der Waals surface area contributed by atoms with E-state index >= 15 is 0 Å². The van der Waals surface area contributed by atoms with Gasteiger partial charge in [-0.2, -0.15) is 0 Å². The van der Waals surface area contributed by atoms with Gasteiger partial charge >= 0.3 is 0 Å². The van der Waals surface area contributed by atoms with Crippen molar-refractivity contribution in [3.63, 3.8) is 0 Å². The molecule has 94 valence electrons. The predicted molar refractivity (Wildman–Crippen MR) is 68.8 cm³/mol. The third-order valence-electron chi connectivity index (χ3n) is 2.16. The van der Waals surface area contributed by atoms with E-state index in [0.29, 0.717) is 12.8 Å². The van der Waals surface area contributed by atoms with Crippen LogP contribution in [-0.4, -0.2) is 17.9 Å². The number of hydrogen-bond donors (Lipinski definition) is 2. The molecule has 0 unspecified atom stereocenters. The van der Waals surface area contributed by atoms with Crippen LogP contribution in [-0.2, 0) is 16.0 Å². The number of imide groups is 1. The summed E-state index contributed by atoms with van der Waals surface area (Å²) in [6, 6.07) is 8.99. The molecule has 1 aromatic carbocycles. The van der Waals surface area contributed by atoms with E-state index in [1.165, 1.54) is 0 Å². The zero-order valence-corrected chi connectivity index (χ0v) is 10.5. The smallest absolute Gasteiger partial charge is 0.243 e. The summed E-state index contributed by atoms with van der Waals surface area (Å²) >= 11 is 0. The number of benzene rings is 1. The van der Waals surface area contributed by atoms with E-state index in [2.05, 4.69) is 5.32 Å². The number of nitrogens with two attached hydrogens (primary N) is 1. The number of amides is 2. The van der Waals surface area contributed by atoms with Crippen LogP contribution in [0.4, 0.5) is 0 Å². The lowest BCUT2D eigenvalue weighted by atomic mass is 10.1. The van der Waals surface area contributed by atoms with Crippen LogP contribution in [0.2, 0.25) is 0 Å². The highest BCUT2D eigenvalue weighted by molar-refractivity contribution is 5.97. The van der Waals surface area contributed by atoms with Crippen molar-refractivity contribution in [1.82, 2.24) is 5.32 Å². The summed E-state index contributed by atoms with van der Waals surface area (Å²) in [5, 5.41) is 2.25. The van der Waals surface area contributed by atoms with E-state index in [4.69, 9.17) is 5.73 Å². The lowest BCUT2D eigenvalue weighted by Gasteiger charge is -2.06. The molecule has 0 aromatic heterocycles. The molecule has 0 spiro atoms. The van der Waals surface area contributed by atoms with Gasteiger partial charge in [-0.05, 0) is 18.9 Å². The predicted octanol–water partition coefficient (Wildman–Crippen LogP) is 1.03. The molecule has 1 rings (SSSR count). The van der Waals surface area contributed by atoms with E-state index in [-0.39, 0.29) is 18.3 Å². The van der Waals surface area contributed by atoms with Crippen LogP contribution in [0.5, 0.6) is 0 Å². The summed E-state index contributed by atoms with van der Waals surface area (Å²) in [6.45, 7) is 1.54. The van der Waals surface area contributed by atoms with Gasteiger partial charge in [-0.1, -0.05) is 30.3 Å². The average Bonchev–Trinajstić information content (AvgIpc) is 2.27. The Labute approximate surface area is 107 Å². The van der Waals surface area contributed by atoms with Gasteiger partial charge in [-0.3, -0.25) is 14.9 Å². The van der Waals surface area contributed by atoms with Crippen molar-refractivity contribution in [3.05, 3.63) is 35.9 Å². The van der Waals surface area contributed by atoms with Gasteiger partial charge < -0.3 is 5.73 Å². The van der Waals surface area contributed by atoms with Crippen LogP contribution in [0.3, 0.4) is 0 Å². The number of nitrogens with one attached hydrogen (secondary N) is 1. The molecule has 0 aliphatic heterocycles. The van der Waals surface area contributed by atoms with Crippen LogP contribution >= 0.6 is 12.4 Å². The fourth-order valence-electron chi connectivity index (χ4n) is 1.22. The van der Waals surface area contributed by atoms with Crippen molar-refractivity contribution in [2.75, 3.05) is 0 Å². The first-order valence-corrected chi connectivity index (χ1v) is 5.23. The van der Waals surface area contributed by atoms with Gasteiger partial charge in [0.1, 0.15) is 0 Å². The quantitative estimate of drug-likeness (QED) is 0.845. The van der Waals surface area contributed by atoms with Crippen LogP contribution in [0.25, 0.3) is 0 Å². The summed E-state index contributed by atoms with van der Waals surface area (Å²) in [7, 11) is 0. The van der Waals surface area contributed by atoms with E-state index < -0.39 is 11.9 Å². The van der Waals surface area contributed by atoms with Crippen LogP contribution < -0.4 is 11.1 Å². The van der Waals surface area contributed by atoms with Crippen molar-refractivity contribution in [3.8, 4) is 0 Å². The Bertz CT molecular complexity index is 366. The Morgan fingerprint density at radius 2 is 1.88 bits per heavy atom. The number of halogens is 1. The Kier molecular flexibility index (Phi) is 7.18. The molecule has 0 aliphatic rings. The first-order chi connectivity index (χ1) is 7.59. The second-order valence-electron chi connectivity index (χ2n) is 3.69. The number of carbonyl (C=O) groups excluding carboxylic acids is 2. The zero-order chi connectivity index (χ0) is 12.0. The third-order valence-corrected chi connectivity index (χ3v) is 2.16. The average molecular weight is 257 g/mol. The summed E-state index contributed by atoms with van der Waals surface area (Å²) in [5.74, 6) is -0.718. The minimum absolute atomic E-state index is 0. The monoisotopic (exact) mass is 256 g/mol. The highest BCUT2D eigenvalue weighted by atomic mass is 35.5. The molecule has 2 amide bonds. The van der Waals surface area contributed by atoms with E-state index in [9.17, 15) is 9.59 Å². The zero-order valence-electron chi connectivity index (χ0n) is 9.68. The third kappa shape index (κ3) is 6.04. The maximum atomic E-state index is 11.3. The highest BCUT2D eigenvalue weighted by Gasteiger charge is 2.11. The SMILES string of the molecule is C[C@H](N)C(=O)NC(=O)CCc1ccccc1.Cl. The molecule has 0 saturated heterocycles. The lowest BCUT2D eigenvalue weighted by Crippen LogP contribution is -2.41. The molecule has 5 heteroatoms.